The number of nitrogens with zero attached hydrogens (tertiary/aromatic N) is 1. The molecule has 0 spiro atoms. The van der Waals surface area contributed by atoms with Gasteiger partial charge in [-0.15, -0.1) is 0 Å². The highest BCUT2D eigenvalue weighted by Gasteiger charge is 2.23. The van der Waals surface area contributed by atoms with Crippen LogP contribution in [0.3, 0.4) is 0 Å². The number of hydrogen-bond donors (Lipinski definition) is 1. The third kappa shape index (κ3) is 2.88. The van der Waals surface area contributed by atoms with Gasteiger partial charge in [-0.05, 0) is 19.9 Å². The van der Waals surface area contributed by atoms with Crippen LogP contribution in [0.15, 0.2) is 12.1 Å². The van der Waals surface area contributed by atoms with Gasteiger partial charge in [-0.1, -0.05) is 0 Å². The molecule has 1 amide bonds. The predicted molar refractivity (Wildman–Crippen MR) is 64.0 cm³/mol. The average Bonchev–Trinajstić information content (AvgIpc) is 2.30. The van der Waals surface area contributed by atoms with E-state index in [4.69, 9.17) is 15.2 Å². The van der Waals surface area contributed by atoms with E-state index in [9.17, 15) is 14.9 Å². The maximum absolute atomic E-state index is 11.1. The molecule has 2 N–H and O–H groups in total. The van der Waals surface area contributed by atoms with Gasteiger partial charge < -0.3 is 15.2 Å². The number of amides is 1. The Morgan fingerprint density at radius 2 is 1.94 bits per heavy atom. The molecule has 0 saturated heterocycles. The van der Waals surface area contributed by atoms with Crippen LogP contribution in [0.25, 0.3) is 0 Å². The van der Waals surface area contributed by atoms with Crippen molar-refractivity contribution in [1.82, 2.24) is 0 Å². The minimum absolute atomic E-state index is 0.00797. The highest BCUT2D eigenvalue weighted by Crippen LogP contribution is 2.38. The summed E-state index contributed by atoms with van der Waals surface area (Å²) in [5, 5.41) is 10.9. The number of benzene rings is 1. The molecule has 7 heteroatoms. The van der Waals surface area contributed by atoms with Gasteiger partial charge in [0.15, 0.2) is 5.75 Å². The maximum Gasteiger partial charge on any atom is 0.315 e. The second kappa shape index (κ2) is 5.85. The summed E-state index contributed by atoms with van der Waals surface area (Å²) in [6, 6.07) is 2.42. The molecular formula is C11H14N2O5. The smallest absolute Gasteiger partial charge is 0.315 e. The summed E-state index contributed by atoms with van der Waals surface area (Å²) in [6.45, 7) is 3.95. The molecule has 0 radical (unpaired) electrons. The zero-order valence-electron chi connectivity index (χ0n) is 10.1. The fourth-order valence-electron chi connectivity index (χ4n) is 1.42. The lowest BCUT2D eigenvalue weighted by Crippen LogP contribution is -2.12. The molecule has 1 aromatic rings. The lowest BCUT2D eigenvalue weighted by Gasteiger charge is -2.11. The van der Waals surface area contributed by atoms with Crippen LogP contribution in [0.5, 0.6) is 11.5 Å². The molecule has 0 aromatic heterocycles. The molecule has 0 saturated carbocycles. The molecule has 0 heterocycles. The number of primary amides is 1. The summed E-state index contributed by atoms with van der Waals surface area (Å²) in [6.07, 6.45) is 0. The van der Waals surface area contributed by atoms with E-state index in [-0.39, 0.29) is 29.4 Å². The van der Waals surface area contributed by atoms with Crippen LogP contribution in [-0.2, 0) is 0 Å². The Bertz CT molecular complexity index is 473. The first-order chi connectivity index (χ1) is 8.51. The van der Waals surface area contributed by atoms with Crippen LogP contribution >= 0.6 is 0 Å². The average molecular weight is 254 g/mol. The zero-order valence-corrected chi connectivity index (χ0v) is 10.1. The highest BCUT2D eigenvalue weighted by atomic mass is 16.6. The zero-order chi connectivity index (χ0) is 13.7. The van der Waals surface area contributed by atoms with E-state index in [1.165, 1.54) is 6.07 Å². The Balaban J connectivity index is 3.43. The number of nitro groups is 1. The second-order valence-corrected chi connectivity index (χ2v) is 3.31. The van der Waals surface area contributed by atoms with E-state index in [1.807, 2.05) is 0 Å². The van der Waals surface area contributed by atoms with Crippen LogP contribution in [-0.4, -0.2) is 24.0 Å². The summed E-state index contributed by atoms with van der Waals surface area (Å²) in [4.78, 5) is 21.4. The Kier molecular flexibility index (Phi) is 4.47. The topological polar surface area (TPSA) is 105 Å². The van der Waals surface area contributed by atoms with Gasteiger partial charge >= 0.3 is 5.69 Å². The number of rotatable bonds is 6. The minimum atomic E-state index is -0.762. The molecule has 1 rings (SSSR count). The van der Waals surface area contributed by atoms with E-state index in [1.54, 1.807) is 13.8 Å². The first kappa shape index (κ1) is 13.8. The monoisotopic (exact) mass is 254 g/mol. The van der Waals surface area contributed by atoms with Gasteiger partial charge in [0.05, 0.1) is 18.1 Å². The standard InChI is InChI=1S/C11H14N2O5/c1-3-17-9-6-7(11(12)14)5-8(13(15)16)10(9)18-4-2/h5-6H,3-4H2,1-2H3,(H2,12,14). The molecule has 98 valence electrons. The van der Waals surface area contributed by atoms with Crippen molar-refractivity contribution in [1.29, 1.82) is 0 Å². The van der Waals surface area contributed by atoms with Gasteiger partial charge in [-0.3, -0.25) is 14.9 Å². The van der Waals surface area contributed by atoms with E-state index < -0.39 is 10.8 Å². The van der Waals surface area contributed by atoms with Crippen LogP contribution in [0.4, 0.5) is 5.69 Å². The minimum Gasteiger partial charge on any atom is -0.490 e. The van der Waals surface area contributed by atoms with E-state index in [0.717, 1.165) is 6.07 Å². The molecule has 0 unspecified atom stereocenters. The SMILES string of the molecule is CCOc1cc(C(N)=O)cc([N+](=O)[O-])c1OCC. The van der Waals surface area contributed by atoms with Crippen molar-refractivity contribution in [2.45, 2.75) is 13.8 Å². The van der Waals surface area contributed by atoms with Gasteiger partial charge in [0.2, 0.25) is 11.7 Å². The van der Waals surface area contributed by atoms with Gasteiger partial charge in [-0.2, -0.15) is 0 Å². The molecule has 0 aliphatic heterocycles. The van der Waals surface area contributed by atoms with Crippen LogP contribution in [0.2, 0.25) is 0 Å². The number of hydrogen-bond acceptors (Lipinski definition) is 5. The number of ether oxygens (including phenoxy) is 2. The molecule has 0 aliphatic carbocycles. The Hall–Kier alpha value is -2.31. The third-order valence-electron chi connectivity index (χ3n) is 2.10. The largest absolute Gasteiger partial charge is 0.490 e. The first-order valence-corrected chi connectivity index (χ1v) is 5.39. The quantitative estimate of drug-likeness (QED) is 0.611. The lowest BCUT2D eigenvalue weighted by molar-refractivity contribution is -0.386. The van der Waals surface area contributed by atoms with Crippen LogP contribution < -0.4 is 15.2 Å². The molecule has 0 atom stereocenters. The normalized spacial score (nSPS) is 9.89. The molecule has 7 nitrogen and oxygen atoms in total. The molecule has 1 aromatic carbocycles. The summed E-state index contributed by atoms with van der Waals surface area (Å²) >= 11 is 0. The fraction of sp³-hybridized carbons (Fsp3) is 0.364. The summed E-state index contributed by atoms with van der Waals surface area (Å²) < 4.78 is 10.4. The Morgan fingerprint density at radius 3 is 2.39 bits per heavy atom. The van der Waals surface area contributed by atoms with Gasteiger partial charge in [0.25, 0.3) is 0 Å². The third-order valence-corrected chi connectivity index (χ3v) is 2.10. The number of nitrogens with two attached hydrogens (primary N) is 1. The van der Waals surface area contributed by atoms with Crippen molar-refractivity contribution in [3.63, 3.8) is 0 Å². The van der Waals surface area contributed by atoms with Gasteiger partial charge in [-0.25, -0.2) is 0 Å². The molecular weight excluding hydrogens is 240 g/mol. The van der Waals surface area contributed by atoms with Crippen molar-refractivity contribution in [2.24, 2.45) is 5.73 Å². The summed E-state index contributed by atoms with van der Waals surface area (Å²) in [7, 11) is 0. The second-order valence-electron chi connectivity index (χ2n) is 3.31. The number of nitro benzene ring substituents is 1. The summed E-state index contributed by atoms with van der Waals surface area (Å²) in [5.74, 6) is -0.612. The van der Waals surface area contributed by atoms with E-state index in [0.29, 0.717) is 6.61 Å². The molecule has 18 heavy (non-hydrogen) atoms. The molecule has 0 aliphatic rings. The van der Waals surface area contributed by atoms with Crippen molar-refractivity contribution in [3.05, 3.63) is 27.8 Å². The Morgan fingerprint density at radius 1 is 1.33 bits per heavy atom. The fourth-order valence-corrected chi connectivity index (χ4v) is 1.42. The van der Waals surface area contributed by atoms with Gasteiger partial charge in [0, 0.05) is 11.6 Å². The number of carbonyl (C=O) groups is 1. The van der Waals surface area contributed by atoms with Crippen molar-refractivity contribution in [2.75, 3.05) is 13.2 Å². The summed E-state index contributed by atoms with van der Waals surface area (Å²) in [5.41, 5.74) is 4.79. The molecule has 0 bridgehead atoms. The van der Waals surface area contributed by atoms with Crippen molar-refractivity contribution >= 4 is 11.6 Å². The predicted octanol–water partition coefficient (Wildman–Crippen LogP) is 1.49. The van der Waals surface area contributed by atoms with E-state index in [2.05, 4.69) is 0 Å². The Labute approximate surface area is 104 Å². The van der Waals surface area contributed by atoms with Crippen molar-refractivity contribution < 1.29 is 19.2 Å². The highest BCUT2D eigenvalue weighted by molar-refractivity contribution is 5.94. The van der Waals surface area contributed by atoms with Crippen molar-refractivity contribution in [3.8, 4) is 11.5 Å². The first-order valence-electron chi connectivity index (χ1n) is 5.39. The van der Waals surface area contributed by atoms with Crippen LogP contribution in [0, 0.1) is 10.1 Å². The maximum atomic E-state index is 11.1. The molecule has 0 fully saturated rings. The van der Waals surface area contributed by atoms with Crippen LogP contribution in [0.1, 0.15) is 24.2 Å². The number of carbonyl (C=O) groups excluding carboxylic acids is 1. The van der Waals surface area contributed by atoms with Gasteiger partial charge in [0.1, 0.15) is 0 Å². The lowest BCUT2D eigenvalue weighted by atomic mass is 10.1. The van der Waals surface area contributed by atoms with E-state index >= 15 is 0 Å².